The van der Waals surface area contributed by atoms with Crippen LogP contribution in [0.4, 0.5) is 0 Å². The van der Waals surface area contributed by atoms with E-state index in [1.54, 1.807) is 4.68 Å². The molecule has 124 valence electrons. The van der Waals surface area contributed by atoms with Crippen molar-refractivity contribution >= 4 is 0 Å². The maximum absolute atomic E-state index is 5.40. The van der Waals surface area contributed by atoms with Crippen LogP contribution in [0, 0.1) is 5.92 Å². The van der Waals surface area contributed by atoms with E-state index in [0.29, 0.717) is 12.5 Å². The predicted molar refractivity (Wildman–Crippen MR) is 87.8 cm³/mol. The quantitative estimate of drug-likeness (QED) is 0.780. The molecule has 3 aromatic rings. The average molecular weight is 325 g/mol. The Morgan fingerprint density at radius 2 is 2.04 bits per heavy atom. The topological polar surface area (TPSA) is 77.8 Å². The fraction of sp³-hybridized carbons (Fsp3) is 0.353. The lowest BCUT2D eigenvalue weighted by molar-refractivity contribution is 0.174. The molecule has 24 heavy (non-hydrogen) atoms. The lowest BCUT2D eigenvalue weighted by atomic mass is 10.1. The lowest BCUT2D eigenvalue weighted by Gasteiger charge is -2.02. The number of nitrogens with one attached hydrogen (secondary N) is 1. The molecule has 0 spiro atoms. The van der Waals surface area contributed by atoms with E-state index in [1.807, 2.05) is 30.5 Å². The third kappa shape index (κ3) is 2.97. The summed E-state index contributed by atoms with van der Waals surface area (Å²) in [5.41, 5.74) is 3.79. The average Bonchev–Trinajstić information content (AvgIpc) is 3.26. The highest BCUT2D eigenvalue weighted by Gasteiger charge is 2.14. The van der Waals surface area contributed by atoms with Gasteiger partial charge in [-0.15, -0.1) is 5.10 Å². The Hall–Kier alpha value is -2.83. The van der Waals surface area contributed by atoms with E-state index in [2.05, 4.69) is 34.4 Å². The van der Waals surface area contributed by atoms with E-state index in [9.17, 15) is 0 Å². The Balaban J connectivity index is 1.49. The van der Waals surface area contributed by atoms with Crippen LogP contribution in [-0.4, -0.2) is 32.0 Å². The summed E-state index contributed by atoms with van der Waals surface area (Å²) in [6, 6.07) is 7.93. The molecule has 1 N–H and O–H groups in total. The molecule has 3 heterocycles. The van der Waals surface area contributed by atoms with E-state index in [-0.39, 0.29) is 6.79 Å². The minimum absolute atomic E-state index is 0.282. The van der Waals surface area contributed by atoms with Crippen LogP contribution in [0.1, 0.15) is 25.1 Å². The molecule has 4 rings (SSSR count). The molecule has 0 saturated carbocycles. The van der Waals surface area contributed by atoms with Crippen LogP contribution in [0.5, 0.6) is 11.5 Å². The molecule has 1 aliphatic rings. The molecule has 0 unspecified atom stereocenters. The molecular formula is C17H19N5O2. The standard InChI is InChI=1S/C17H19N5O2/c1-11(2)5-13-7-14(19-18-13)15-9-22(21-20-15)8-12-3-4-16-17(6-12)24-10-23-16/h3-4,6-7,9,11H,5,8,10H2,1-2H3,(H,18,19). The second-order valence-electron chi connectivity index (χ2n) is 6.37. The third-order valence-corrected chi connectivity index (χ3v) is 3.84. The van der Waals surface area contributed by atoms with E-state index >= 15 is 0 Å². The summed E-state index contributed by atoms with van der Waals surface area (Å²) in [5.74, 6) is 2.14. The van der Waals surface area contributed by atoms with Gasteiger partial charge < -0.3 is 9.47 Å². The first-order valence-corrected chi connectivity index (χ1v) is 8.00. The second-order valence-corrected chi connectivity index (χ2v) is 6.37. The Kier molecular flexibility index (Phi) is 3.68. The monoisotopic (exact) mass is 325 g/mol. The van der Waals surface area contributed by atoms with Crippen molar-refractivity contribution in [1.29, 1.82) is 0 Å². The molecular weight excluding hydrogens is 306 g/mol. The lowest BCUT2D eigenvalue weighted by Crippen LogP contribution is -2.00. The number of hydrogen-bond donors (Lipinski definition) is 1. The van der Waals surface area contributed by atoms with Gasteiger partial charge in [-0.1, -0.05) is 25.1 Å². The van der Waals surface area contributed by atoms with Crippen molar-refractivity contribution in [2.45, 2.75) is 26.8 Å². The largest absolute Gasteiger partial charge is 0.454 e. The molecule has 0 radical (unpaired) electrons. The highest BCUT2D eigenvalue weighted by Crippen LogP contribution is 2.32. The number of ether oxygens (including phenoxy) is 2. The minimum atomic E-state index is 0.282. The molecule has 0 bridgehead atoms. The van der Waals surface area contributed by atoms with Gasteiger partial charge >= 0.3 is 0 Å². The summed E-state index contributed by atoms with van der Waals surface area (Å²) in [6.45, 7) is 5.27. The zero-order valence-electron chi connectivity index (χ0n) is 13.7. The Labute approximate surface area is 139 Å². The van der Waals surface area contributed by atoms with Gasteiger partial charge in [0.15, 0.2) is 11.5 Å². The second kappa shape index (κ2) is 5.99. The zero-order chi connectivity index (χ0) is 16.5. The molecule has 0 aliphatic carbocycles. The number of aromatic amines is 1. The molecule has 0 saturated heterocycles. The van der Waals surface area contributed by atoms with Crippen molar-refractivity contribution in [3.63, 3.8) is 0 Å². The molecule has 1 aromatic carbocycles. The number of fused-ring (bicyclic) bond motifs is 1. The maximum Gasteiger partial charge on any atom is 0.231 e. The number of H-pyrrole nitrogens is 1. The molecule has 7 nitrogen and oxygen atoms in total. The van der Waals surface area contributed by atoms with E-state index in [1.165, 1.54) is 0 Å². The van der Waals surface area contributed by atoms with Gasteiger partial charge in [-0.25, -0.2) is 4.68 Å². The van der Waals surface area contributed by atoms with Crippen LogP contribution in [-0.2, 0) is 13.0 Å². The molecule has 0 atom stereocenters. The summed E-state index contributed by atoms with van der Waals surface area (Å²) < 4.78 is 12.5. The fourth-order valence-corrected chi connectivity index (χ4v) is 2.76. The summed E-state index contributed by atoms with van der Waals surface area (Å²) in [6.07, 6.45) is 2.87. The first-order chi connectivity index (χ1) is 11.7. The Bertz CT molecular complexity index is 852. The molecule has 7 heteroatoms. The summed E-state index contributed by atoms with van der Waals surface area (Å²) in [5, 5.41) is 15.8. The number of hydrogen-bond acceptors (Lipinski definition) is 5. The summed E-state index contributed by atoms with van der Waals surface area (Å²) in [4.78, 5) is 0. The van der Waals surface area contributed by atoms with Crippen molar-refractivity contribution in [2.24, 2.45) is 5.92 Å². The Morgan fingerprint density at radius 1 is 1.17 bits per heavy atom. The smallest absolute Gasteiger partial charge is 0.231 e. The van der Waals surface area contributed by atoms with Crippen LogP contribution in [0.15, 0.2) is 30.5 Å². The number of benzene rings is 1. The molecule has 1 aliphatic heterocycles. The van der Waals surface area contributed by atoms with Crippen molar-refractivity contribution in [2.75, 3.05) is 6.79 Å². The number of rotatable bonds is 5. The number of nitrogens with zero attached hydrogens (tertiary/aromatic N) is 4. The summed E-state index contributed by atoms with van der Waals surface area (Å²) >= 11 is 0. The minimum Gasteiger partial charge on any atom is -0.454 e. The van der Waals surface area contributed by atoms with Crippen molar-refractivity contribution in [1.82, 2.24) is 25.2 Å². The van der Waals surface area contributed by atoms with Gasteiger partial charge in [0.05, 0.1) is 12.7 Å². The van der Waals surface area contributed by atoms with E-state index in [0.717, 1.165) is 40.6 Å². The SMILES string of the molecule is CC(C)Cc1cc(-c2cn(Cc3ccc4c(c3)OCO4)nn2)n[nH]1. The first-order valence-electron chi connectivity index (χ1n) is 8.00. The number of aromatic nitrogens is 5. The van der Waals surface area contributed by atoms with Gasteiger partial charge in [0.2, 0.25) is 6.79 Å². The van der Waals surface area contributed by atoms with Crippen molar-refractivity contribution in [3.05, 3.63) is 41.7 Å². The normalized spacial score (nSPS) is 13.0. The highest BCUT2D eigenvalue weighted by molar-refractivity contribution is 5.52. The molecule has 0 amide bonds. The van der Waals surface area contributed by atoms with Crippen LogP contribution >= 0.6 is 0 Å². The van der Waals surface area contributed by atoms with Gasteiger partial charge in [-0.05, 0) is 36.1 Å². The van der Waals surface area contributed by atoms with Gasteiger partial charge in [0.25, 0.3) is 0 Å². The van der Waals surface area contributed by atoms with Crippen LogP contribution in [0.3, 0.4) is 0 Å². The van der Waals surface area contributed by atoms with Crippen molar-refractivity contribution < 1.29 is 9.47 Å². The van der Waals surface area contributed by atoms with E-state index < -0.39 is 0 Å². The van der Waals surface area contributed by atoms with Gasteiger partial charge in [0.1, 0.15) is 11.4 Å². The molecule has 2 aromatic heterocycles. The summed E-state index contributed by atoms with van der Waals surface area (Å²) in [7, 11) is 0. The first kappa shape index (κ1) is 14.7. The maximum atomic E-state index is 5.40. The van der Waals surface area contributed by atoms with Crippen molar-refractivity contribution in [3.8, 4) is 22.9 Å². The molecule has 0 fully saturated rings. The third-order valence-electron chi connectivity index (χ3n) is 3.84. The van der Waals surface area contributed by atoms with Gasteiger partial charge in [-0.2, -0.15) is 5.10 Å². The van der Waals surface area contributed by atoms with Crippen LogP contribution < -0.4 is 9.47 Å². The van der Waals surface area contributed by atoms with Gasteiger partial charge in [0, 0.05) is 5.69 Å². The zero-order valence-corrected chi connectivity index (χ0v) is 13.7. The fourth-order valence-electron chi connectivity index (χ4n) is 2.76. The Morgan fingerprint density at radius 3 is 2.92 bits per heavy atom. The van der Waals surface area contributed by atoms with Crippen LogP contribution in [0.2, 0.25) is 0 Å². The van der Waals surface area contributed by atoms with Crippen LogP contribution in [0.25, 0.3) is 11.4 Å². The predicted octanol–water partition coefficient (Wildman–Crippen LogP) is 2.64. The van der Waals surface area contributed by atoms with E-state index in [4.69, 9.17) is 9.47 Å². The highest BCUT2D eigenvalue weighted by atomic mass is 16.7. The van der Waals surface area contributed by atoms with Gasteiger partial charge in [-0.3, -0.25) is 5.10 Å².